The Kier molecular flexibility index (Phi) is 5.91. The monoisotopic (exact) mass is 476 g/mol. The first-order valence-corrected chi connectivity index (χ1v) is 12.5. The molecule has 6 rings (SSSR count). The number of hydrogen-bond acceptors (Lipinski definition) is 5. The molecule has 0 fully saturated rings. The molecule has 3 aromatic carbocycles. The fourth-order valence-electron chi connectivity index (χ4n) is 5.21. The first-order valence-electron chi connectivity index (χ1n) is 12.5. The number of nitrogens with one attached hydrogen (secondary N) is 1. The van der Waals surface area contributed by atoms with E-state index in [2.05, 4.69) is 80.9 Å². The summed E-state index contributed by atoms with van der Waals surface area (Å²) in [5.41, 5.74) is 6.38. The topological polar surface area (TPSA) is 79.7 Å². The van der Waals surface area contributed by atoms with Crippen LogP contribution in [-0.2, 0) is 25.9 Å². The van der Waals surface area contributed by atoms with Gasteiger partial charge >= 0.3 is 0 Å². The zero-order chi connectivity index (χ0) is 24.5. The van der Waals surface area contributed by atoms with Gasteiger partial charge in [-0.3, -0.25) is 9.69 Å². The van der Waals surface area contributed by atoms with Crippen LogP contribution in [0, 0.1) is 0 Å². The smallest absolute Gasteiger partial charge is 0.253 e. The lowest BCUT2D eigenvalue weighted by Gasteiger charge is -2.34. The van der Waals surface area contributed by atoms with Gasteiger partial charge in [-0.15, -0.1) is 5.10 Å². The number of H-pyrrole nitrogens is 1. The molecule has 7 nitrogen and oxygen atoms in total. The van der Waals surface area contributed by atoms with Crippen LogP contribution in [-0.4, -0.2) is 36.6 Å². The molecule has 0 saturated carbocycles. The Balaban J connectivity index is 1.49. The Hall–Kier alpha value is -4.10. The molecule has 3 heterocycles. The highest BCUT2D eigenvalue weighted by Crippen LogP contribution is 2.32. The van der Waals surface area contributed by atoms with Crippen molar-refractivity contribution in [2.75, 3.05) is 6.54 Å². The van der Waals surface area contributed by atoms with Gasteiger partial charge in [0.15, 0.2) is 5.82 Å². The summed E-state index contributed by atoms with van der Waals surface area (Å²) in [5.74, 6) is 0.676. The summed E-state index contributed by atoms with van der Waals surface area (Å²) in [5, 5.41) is 13.9. The Labute approximate surface area is 209 Å². The summed E-state index contributed by atoms with van der Waals surface area (Å²) in [6.07, 6.45) is 1.85. The van der Waals surface area contributed by atoms with Crippen molar-refractivity contribution in [2.45, 2.75) is 38.9 Å². The molecule has 1 N–H and O–H groups in total. The van der Waals surface area contributed by atoms with Gasteiger partial charge in [-0.1, -0.05) is 67.6 Å². The lowest BCUT2D eigenvalue weighted by atomic mass is 9.95. The van der Waals surface area contributed by atoms with Crippen LogP contribution in [0.25, 0.3) is 10.9 Å². The van der Waals surface area contributed by atoms with E-state index in [9.17, 15) is 4.79 Å². The number of hydrogen-bond donors (Lipinski definition) is 1. The third kappa shape index (κ3) is 4.22. The molecule has 7 heteroatoms. The van der Waals surface area contributed by atoms with Gasteiger partial charge < -0.3 is 4.98 Å². The second-order valence-electron chi connectivity index (χ2n) is 9.40. The zero-order valence-electron chi connectivity index (χ0n) is 20.3. The maximum atomic E-state index is 13.5. The van der Waals surface area contributed by atoms with E-state index in [-0.39, 0.29) is 11.6 Å². The third-order valence-electron chi connectivity index (χ3n) is 7.14. The Morgan fingerprint density at radius 3 is 2.58 bits per heavy atom. The molecule has 0 bridgehead atoms. The number of aryl methyl sites for hydroxylation is 1. The molecule has 0 aliphatic carbocycles. The molecular formula is C29H28N6O. The quantitative estimate of drug-likeness (QED) is 0.396. The van der Waals surface area contributed by atoms with Crippen LogP contribution >= 0.6 is 0 Å². The minimum atomic E-state index is -0.379. The zero-order valence-corrected chi connectivity index (χ0v) is 20.3. The van der Waals surface area contributed by atoms with Crippen LogP contribution in [0.15, 0.2) is 83.7 Å². The van der Waals surface area contributed by atoms with Crippen molar-refractivity contribution < 1.29 is 0 Å². The fourth-order valence-corrected chi connectivity index (χ4v) is 5.21. The van der Waals surface area contributed by atoms with E-state index in [1.807, 2.05) is 35.0 Å². The number of aromatic nitrogens is 5. The molecule has 0 spiro atoms. The predicted octanol–water partition coefficient (Wildman–Crippen LogP) is 4.27. The maximum Gasteiger partial charge on any atom is 0.253 e. The second-order valence-corrected chi connectivity index (χ2v) is 9.40. The Morgan fingerprint density at radius 2 is 1.75 bits per heavy atom. The minimum absolute atomic E-state index is 0.107. The van der Waals surface area contributed by atoms with E-state index in [0.717, 1.165) is 42.4 Å². The Morgan fingerprint density at radius 1 is 0.944 bits per heavy atom. The van der Waals surface area contributed by atoms with Crippen molar-refractivity contribution >= 4 is 10.9 Å². The standard InChI is InChI=1S/C29H28N6O/c1-2-20-12-13-26-24(16-20)17-25(29(36)30-26)27(34-15-14-22-10-6-7-11-23(22)19-34)28-31-32-33-35(28)18-21-8-4-3-5-9-21/h3-13,16-17,27H,2,14-15,18-19H2,1H3,(H,30,36). The van der Waals surface area contributed by atoms with Gasteiger partial charge in [0, 0.05) is 24.2 Å². The SMILES string of the molecule is CCc1ccc2[nH]c(=O)c(C(c3nnnn3Cc3ccccc3)N3CCc4ccccc4C3)cc2c1. The highest BCUT2D eigenvalue weighted by molar-refractivity contribution is 5.80. The van der Waals surface area contributed by atoms with Crippen LogP contribution < -0.4 is 5.56 Å². The average molecular weight is 477 g/mol. The number of aromatic amines is 1. The average Bonchev–Trinajstić information content (AvgIpc) is 3.37. The molecule has 180 valence electrons. The lowest BCUT2D eigenvalue weighted by Crippen LogP contribution is -2.38. The van der Waals surface area contributed by atoms with Gasteiger partial charge in [-0.2, -0.15) is 0 Å². The van der Waals surface area contributed by atoms with Gasteiger partial charge in [-0.25, -0.2) is 4.68 Å². The number of rotatable bonds is 6. The molecule has 1 aliphatic heterocycles. The van der Waals surface area contributed by atoms with Crippen molar-refractivity contribution in [3.8, 4) is 0 Å². The molecule has 1 unspecified atom stereocenters. The highest BCUT2D eigenvalue weighted by Gasteiger charge is 2.32. The molecule has 5 aromatic rings. The third-order valence-corrected chi connectivity index (χ3v) is 7.14. The number of benzene rings is 3. The first-order chi connectivity index (χ1) is 17.7. The summed E-state index contributed by atoms with van der Waals surface area (Å²) in [6.45, 7) is 4.22. The van der Waals surface area contributed by atoms with Crippen molar-refractivity contribution in [1.29, 1.82) is 0 Å². The maximum absolute atomic E-state index is 13.5. The summed E-state index contributed by atoms with van der Waals surface area (Å²) < 4.78 is 1.83. The molecule has 1 atom stereocenters. The molecule has 0 saturated heterocycles. The number of pyridine rings is 1. The number of nitrogens with zero attached hydrogens (tertiary/aromatic N) is 5. The van der Waals surface area contributed by atoms with Crippen LogP contribution in [0.5, 0.6) is 0 Å². The van der Waals surface area contributed by atoms with Crippen LogP contribution in [0.4, 0.5) is 0 Å². The second kappa shape index (κ2) is 9.51. The predicted molar refractivity (Wildman–Crippen MR) is 140 cm³/mol. The van der Waals surface area contributed by atoms with E-state index in [0.29, 0.717) is 17.9 Å². The van der Waals surface area contributed by atoms with Crippen LogP contribution in [0.1, 0.15) is 46.6 Å². The lowest BCUT2D eigenvalue weighted by molar-refractivity contribution is 0.194. The van der Waals surface area contributed by atoms with E-state index in [1.165, 1.54) is 16.7 Å². The summed E-state index contributed by atoms with van der Waals surface area (Å²) in [7, 11) is 0. The van der Waals surface area contributed by atoms with Gasteiger partial charge in [-0.05, 0) is 69.1 Å². The largest absolute Gasteiger partial charge is 0.322 e. The van der Waals surface area contributed by atoms with Gasteiger partial charge in [0.25, 0.3) is 5.56 Å². The van der Waals surface area contributed by atoms with Crippen LogP contribution in [0.2, 0.25) is 0 Å². The van der Waals surface area contributed by atoms with E-state index < -0.39 is 0 Å². The van der Waals surface area contributed by atoms with E-state index in [4.69, 9.17) is 0 Å². The first kappa shape index (κ1) is 22.4. The molecule has 36 heavy (non-hydrogen) atoms. The summed E-state index contributed by atoms with van der Waals surface area (Å²) >= 11 is 0. The molecular weight excluding hydrogens is 448 g/mol. The molecule has 1 aliphatic rings. The molecule has 0 amide bonds. The molecule has 0 radical (unpaired) electrons. The summed E-state index contributed by atoms with van der Waals surface area (Å²) in [4.78, 5) is 19.0. The van der Waals surface area contributed by atoms with Crippen molar-refractivity contribution in [3.05, 3.63) is 123 Å². The van der Waals surface area contributed by atoms with E-state index >= 15 is 0 Å². The van der Waals surface area contributed by atoms with Gasteiger partial charge in [0.2, 0.25) is 0 Å². The number of fused-ring (bicyclic) bond motifs is 2. The van der Waals surface area contributed by atoms with Crippen molar-refractivity contribution in [1.82, 2.24) is 30.1 Å². The molecule has 2 aromatic heterocycles. The summed E-state index contributed by atoms with van der Waals surface area (Å²) in [6, 6.07) is 26.5. The minimum Gasteiger partial charge on any atom is -0.322 e. The fraction of sp³-hybridized carbons (Fsp3) is 0.241. The van der Waals surface area contributed by atoms with Crippen molar-refractivity contribution in [3.63, 3.8) is 0 Å². The Bertz CT molecular complexity index is 1570. The van der Waals surface area contributed by atoms with Crippen molar-refractivity contribution in [2.24, 2.45) is 0 Å². The normalized spacial score (nSPS) is 14.6. The number of tetrazole rings is 1. The van der Waals surface area contributed by atoms with Crippen LogP contribution in [0.3, 0.4) is 0 Å². The van der Waals surface area contributed by atoms with Gasteiger partial charge in [0.1, 0.15) is 6.04 Å². The van der Waals surface area contributed by atoms with E-state index in [1.54, 1.807) is 0 Å². The van der Waals surface area contributed by atoms with Gasteiger partial charge in [0.05, 0.1) is 6.54 Å². The highest BCUT2D eigenvalue weighted by atomic mass is 16.1.